The van der Waals surface area contributed by atoms with E-state index in [9.17, 15) is 0 Å². The third kappa shape index (κ3) is 3.85. The summed E-state index contributed by atoms with van der Waals surface area (Å²) in [6.45, 7) is 2.09. The molecule has 0 atom stereocenters. The van der Waals surface area contributed by atoms with Crippen LogP contribution in [0.25, 0.3) is 0 Å². The van der Waals surface area contributed by atoms with Crippen LogP contribution in [0, 0.1) is 0 Å². The quantitative estimate of drug-likeness (QED) is 0.845. The number of aryl methyl sites for hydroxylation is 1. The Balaban J connectivity index is 2.13. The van der Waals surface area contributed by atoms with Crippen LogP contribution >= 0.6 is 23.4 Å². The molecular formula is C14H16ClN3S. The number of nitrogens with zero attached hydrogens (tertiary/aromatic N) is 2. The summed E-state index contributed by atoms with van der Waals surface area (Å²) in [6.07, 6.45) is 0.904. The minimum Gasteiger partial charge on any atom is -0.373 e. The van der Waals surface area contributed by atoms with Gasteiger partial charge in [-0.25, -0.2) is 9.97 Å². The predicted octanol–water partition coefficient (Wildman–Crippen LogP) is 4.03. The summed E-state index contributed by atoms with van der Waals surface area (Å²) in [4.78, 5) is 10.0. The van der Waals surface area contributed by atoms with E-state index in [1.54, 1.807) is 11.8 Å². The molecule has 1 heterocycles. The number of halogens is 1. The summed E-state index contributed by atoms with van der Waals surface area (Å²) in [5.74, 6) is 2.40. The second-order valence-electron chi connectivity index (χ2n) is 3.98. The molecule has 0 saturated heterocycles. The van der Waals surface area contributed by atoms with Crippen molar-refractivity contribution in [2.24, 2.45) is 0 Å². The average Bonchev–Trinajstić information content (AvgIpc) is 2.46. The van der Waals surface area contributed by atoms with Gasteiger partial charge in [0.2, 0.25) is 0 Å². The van der Waals surface area contributed by atoms with Crippen LogP contribution in [-0.4, -0.2) is 17.0 Å². The lowest BCUT2D eigenvalue weighted by Gasteiger charge is -2.07. The van der Waals surface area contributed by atoms with Gasteiger partial charge in [0.05, 0.1) is 10.8 Å². The second kappa shape index (κ2) is 6.78. The van der Waals surface area contributed by atoms with E-state index in [1.807, 2.05) is 37.4 Å². The van der Waals surface area contributed by atoms with Crippen molar-refractivity contribution >= 4 is 29.2 Å². The zero-order valence-electron chi connectivity index (χ0n) is 11.0. The maximum atomic E-state index is 6.13. The third-order valence-electron chi connectivity index (χ3n) is 2.64. The lowest BCUT2D eigenvalue weighted by molar-refractivity contribution is 0.941. The van der Waals surface area contributed by atoms with Crippen molar-refractivity contribution in [3.05, 3.63) is 46.9 Å². The first kappa shape index (κ1) is 14.2. The number of hydrogen-bond donors (Lipinski definition) is 1. The highest BCUT2D eigenvalue weighted by Gasteiger charge is 2.05. The first-order valence-corrected chi connectivity index (χ1v) is 7.51. The van der Waals surface area contributed by atoms with Crippen molar-refractivity contribution in [2.45, 2.75) is 24.0 Å². The number of hydrogen-bond acceptors (Lipinski definition) is 4. The zero-order valence-corrected chi connectivity index (χ0v) is 12.6. The van der Waals surface area contributed by atoms with Gasteiger partial charge in [0.25, 0.3) is 0 Å². The van der Waals surface area contributed by atoms with Crippen LogP contribution in [0.1, 0.15) is 18.4 Å². The van der Waals surface area contributed by atoms with E-state index in [0.717, 1.165) is 33.7 Å². The van der Waals surface area contributed by atoms with Crippen molar-refractivity contribution in [3.8, 4) is 0 Å². The van der Waals surface area contributed by atoms with E-state index in [4.69, 9.17) is 11.6 Å². The molecule has 1 N–H and O–H groups in total. The molecule has 2 aromatic rings. The van der Waals surface area contributed by atoms with Crippen LogP contribution in [0.4, 0.5) is 5.82 Å². The Hall–Kier alpha value is -1.26. The van der Waals surface area contributed by atoms with E-state index < -0.39 is 0 Å². The first-order chi connectivity index (χ1) is 9.22. The Labute approximate surface area is 122 Å². The lowest BCUT2D eigenvalue weighted by atomic mass is 10.3. The van der Waals surface area contributed by atoms with Crippen LogP contribution in [0.3, 0.4) is 0 Å². The van der Waals surface area contributed by atoms with Crippen LogP contribution in [-0.2, 0) is 12.2 Å². The Kier molecular flexibility index (Phi) is 5.05. The fourth-order valence-electron chi connectivity index (χ4n) is 1.63. The van der Waals surface area contributed by atoms with Crippen molar-refractivity contribution in [2.75, 3.05) is 12.4 Å². The second-order valence-corrected chi connectivity index (χ2v) is 5.41. The molecule has 0 spiro atoms. The summed E-state index contributed by atoms with van der Waals surface area (Å²) in [6, 6.07) is 9.79. The van der Waals surface area contributed by atoms with Gasteiger partial charge in [0, 0.05) is 23.7 Å². The largest absolute Gasteiger partial charge is 0.373 e. The van der Waals surface area contributed by atoms with E-state index >= 15 is 0 Å². The fraction of sp³-hybridized carbons (Fsp3) is 0.286. The molecule has 1 aromatic carbocycles. The smallest absolute Gasteiger partial charge is 0.141 e. The monoisotopic (exact) mass is 293 g/mol. The molecule has 0 aliphatic heterocycles. The molecule has 0 aliphatic carbocycles. The van der Waals surface area contributed by atoms with Gasteiger partial charge in [-0.05, 0) is 18.6 Å². The molecule has 0 radical (unpaired) electrons. The van der Waals surface area contributed by atoms with Gasteiger partial charge in [-0.1, -0.05) is 30.7 Å². The minimum atomic E-state index is 0.715. The van der Waals surface area contributed by atoms with Crippen LogP contribution in [0.5, 0.6) is 0 Å². The van der Waals surface area contributed by atoms with E-state index in [-0.39, 0.29) is 0 Å². The number of aromatic nitrogens is 2. The van der Waals surface area contributed by atoms with E-state index in [0.29, 0.717) is 5.75 Å². The number of benzene rings is 1. The molecule has 100 valence electrons. The summed E-state index contributed by atoms with van der Waals surface area (Å²) in [7, 11) is 1.87. The van der Waals surface area contributed by atoms with Gasteiger partial charge in [0.15, 0.2) is 0 Å². The summed E-state index contributed by atoms with van der Waals surface area (Å²) in [5.41, 5.74) is 1.05. The molecule has 19 heavy (non-hydrogen) atoms. The van der Waals surface area contributed by atoms with Crippen LogP contribution in [0.15, 0.2) is 35.2 Å². The van der Waals surface area contributed by atoms with Gasteiger partial charge in [-0.15, -0.1) is 11.8 Å². The molecule has 0 amide bonds. The molecule has 0 saturated carbocycles. The molecule has 5 heteroatoms. The first-order valence-electron chi connectivity index (χ1n) is 6.15. The Morgan fingerprint density at radius 2 is 2.05 bits per heavy atom. The van der Waals surface area contributed by atoms with Gasteiger partial charge < -0.3 is 5.32 Å². The molecule has 0 bridgehead atoms. The summed E-state index contributed by atoms with van der Waals surface area (Å²) in [5, 5.41) is 3.84. The normalized spacial score (nSPS) is 10.5. The summed E-state index contributed by atoms with van der Waals surface area (Å²) >= 11 is 7.79. The highest BCUT2D eigenvalue weighted by Crippen LogP contribution is 2.28. The molecule has 1 aromatic heterocycles. The molecule has 0 aliphatic rings. The number of anilines is 1. The van der Waals surface area contributed by atoms with Crippen molar-refractivity contribution in [1.82, 2.24) is 9.97 Å². The Morgan fingerprint density at radius 1 is 1.26 bits per heavy atom. The zero-order chi connectivity index (χ0) is 13.7. The minimum absolute atomic E-state index is 0.715. The Morgan fingerprint density at radius 3 is 2.74 bits per heavy atom. The van der Waals surface area contributed by atoms with E-state index in [2.05, 4.69) is 22.2 Å². The van der Waals surface area contributed by atoms with Crippen LogP contribution < -0.4 is 5.32 Å². The summed E-state index contributed by atoms with van der Waals surface area (Å²) < 4.78 is 0. The van der Waals surface area contributed by atoms with Crippen molar-refractivity contribution in [1.29, 1.82) is 0 Å². The molecule has 2 rings (SSSR count). The van der Waals surface area contributed by atoms with Gasteiger partial charge >= 0.3 is 0 Å². The van der Waals surface area contributed by atoms with Gasteiger partial charge in [-0.2, -0.15) is 0 Å². The van der Waals surface area contributed by atoms with Crippen molar-refractivity contribution in [3.63, 3.8) is 0 Å². The highest BCUT2D eigenvalue weighted by atomic mass is 35.5. The Bertz CT molecular complexity index is 538. The number of thioether (sulfide) groups is 1. The molecule has 0 fully saturated rings. The topological polar surface area (TPSA) is 37.8 Å². The maximum absolute atomic E-state index is 6.13. The molecular weight excluding hydrogens is 278 g/mol. The van der Waals surface area contributed by atoms with Crippen LogP contribution in [0.2, 0.25) is 5.02 Å². The third-order valence-corrected chi connectivity index (χ3v) is 4.15. The standard InChI is InChI=1S/C14H16ClN3S/c1-3-10-8-13(16-2)18-14(17-10)9-19-12-7-5-4-6-11(12)15/h4-8H,3,9H2,1-2H3,(H,16,17,18). The van der Waals surface area contributed by atoms with E-state index in [1.165, 1.54) is 0 Å². The average molecular weight is 294 g/mol. The van der Waals surface area contributed by atoms with Gasteiger partial charge in [-0.3, -0.25) is 0 Å². The van der Waals surface area contributed by atoms with Crippen molar-refractivity contribution < 1.29 is 0 Å². The predicted molar refractivity (Wildman–Crippen MR) is 82.0 cm³/mol. The lowest BCUT2D eigenvalue weighted by Crippen LogP contribution is -2.02. The number of nitrogens with one attached hydrogen (secondary N) is 1. The molecule has 0 unspecified atom stereocenters. The SMILES string of the molecule is CCc1cc(NC)nc(CSc2ccccc2Cl)n1. The molecule has 3 nitrogen and oxygen atoms in total. The van der Waals surface area contributed by atoms with Gasteiger partial charge in [0.1, 0.15) is 11.6 Å². The number of rotatable bonds is 5. The fourth-order valence-corrected chi connectivity index (χ4v) is 2.72. The highest BCUT2D eigenvalue weighted by molar-refractivity contribution is 7.98. The maximum Gasteiger partial charge on any atom is 0.141 e.